The Hall–Kier alpha value is -2.14. The van der Waals surface area contributed by atoms with Gasteiger partial charge in [-0.15, -0.1) is 16.8 Å². The molecule has 1 aliphatic heterocycles. The summed E-state index contributed by atoms with van der Waals surface area (Å²) in [6.45, 7) is 6.58. The highest BCUT2D eigenvalue weighted by molar-refractivity contribution is 8.02. The van der Waals surface area contributed by atoms with Gasteiger partial charge in [0.05, 0.1) is 11.1 Å². The fraction of sp³-hybridized carbons (Fsp3) is 0.308. The van der Waals surface area contributed by atoms with Crippen molar-refractivity contribution in [2.45, 2.75) is 42.3 Å². The summed E-state index contributed by atoms with van der Waals surface area (Å²) in [6, 6.07) is 17.0. The summed E-state index contributed by atoms with van der Waals surface area (Å²) >= 11 is 2.56. The first kappa shape index (κ1) is 26.9. The van der Waals surface area contributed by atoms with E-state index in [9.17, 15) is 22.8 Å². The molecule has 10 heteroatoms. The molecule has 0 aromatic heterocycles. The van der Waals surface area contributed by atoms with Gasteiger partial charge in [-0.25, -0.2) is 0 Å². The van der Waals surface area contributed by atoms with Crippen LogP contribution < -0.4 is 0 Å². The summed E-state index contributed by atoms with van der Waals surface area (Å²) in [4.78, 5) is 26.4. The average Bonchev–Trinajstić information content (AvgIpc) is 2.81. The molecule has 3 aromatic rings. The molecule has 2 amide bonds. The summed E-state index contributed by atoms with van der Waals surface area (Å²) in [7, 11) is 0. The van der Waals surface area contributed by atoms with Gasteiger partial charge in [0.15, 0.2) is 0 Å². The van der Waals surface area contributed by atoms with Gasteiger partial charge in [-0.3, -0.25) is 9.59 Å². The molecule has 1 heterocycles. The van der Waals surface area contributed by atoms with E-state index in [1.54, 1.807) is 30.0 Å². The first-order chi connectivity index (χ1) is 17.0. The molecule has 190 valence electrons. The Morgan fingerprint density at radius 3 is 2.17 bits per heavy atom. The molecule has 0 fully saturated rings. The lowest BCUT2D eigenvalue weighted by molar-refractivity contribution is -0.0570. The number of hydroxylamine groups is 2. The zero-order valence-electron chi connectivity index (χ0n) is 19.8. The largest absolute Gasteiger partial charge is 0.470 e. The number of hydrogen-bond donors (Lipinski definition) is 0. The smallest absolute Gasteiger partial charge is 0.266 e. The van der Waals surface area contributed by atoms with Crippen LogP contribution >= 0.6 is 35.6 Å². The van der Waals surface area contributed by atoms with E-state index >= 15 is 0 Å². The van der Waals surface area contributed by atoms with Gasteiger partial charge >= 0.3 is 5.51 Å². The van der Waals surface area contributed by atoms with Crippen molar-refractivity contribution in [1.82, 2.24) is 5.06 Å². The topological polar surface area (TPSA) is 46.6 Å². The van der Waals surface area contributed by atoms with E-state index in [1.165, 1.54) is 17.2 Å². The molecule has 1 aliphatic rings. The molecule has 36 heavy (non-hydrogen) atoms. The fourth-order valence-electron chi connectivity index (χ4n) is 3.82. The normalized spacial score (nSPS) is 14.1. The van der Waals surface area contributed by atoms with Crippen LogP contribution in [-0.4, -0.2) is 33.9 Å². The van der Waals surface area contributed by atoms with Crippen molar-refractivity contribution in [1.29, 1.82) is 0 Å². The van der Waals surface area contributed by atoms with Crippen LogP contribution in [-0.2, 0) is 15.5 Å². The van der Waals surface area contributed by atoms with Crippen molar-refractivity contribution in [3.05, 3.63) is 76.9 Å². The number of carbonyl (C=O) groups is 2. The zero-order chi connectivity index (χ0) is 26.1. The standard InChI is InChI=1S/C26H24F3NO3S3/c1-25(2,3)17-9-7-16(8-10-17)15-34-13-14-35-21-12-11-20-22-18(21)5-4-6-19(22)23(31)30(24(20)32)33-36-26(27,28)29/h4-12H,13-15H2,1-3H3. The van der Waals surface area contributed by atoms with Gasteiger partial charge in [0.2, 0.25) is 0 Å². The minimum Gasteiger partial charge on any atom is -0.266 e. The molecular weight excluding hydrogens is 527 g/mol. The fourth-order valence-corrected chi connectivity index (χ4v) is 6.20. The van der Waals surface area contributed by atoms with Gasteiger partial charge < -0.3 is 0 Å². The second kappa shape index (κ2) is 10.7. The predicted molar refractivity (Wildman–Crippen MR) is 141 cm³/mol. The maximum atomic E-state index is 12.7. The Bertz CT molecular complexity index is 1270. The SMILES string of the molecule is CC(C)(C)c1ccc(CSCCSc2ccc3c4c(cccc24)C(=O)N(OSC(F)(F)F)C3=O)cc1. The molecule has 0 unspecified atom stereocenters. The summed E-state index contributed by atoms with van der Waals surface area (Å²) in [5, 5.41) is 1.34. The van der Waals surface area contributed by atoms with E-state index in [0.29, 0.717) is 5.39 Å². The second-order valence-electron chi connectivity index (χ2n) is 9.20. The van der Waals surface area contributed by atoms with Crippen LogP contribution in [0.15, 0.2) is 59.5 Å². The number of alkyl halides is 3. The lowest BCUT2D eigenvalue weighted by Gasteiger charge is -2.25. The number of amides is 2. The zero-order valence-corrected chi connectivity index (χ0v) is 22.3. The third-order valence-electron chi connectivity index (χ3n) is 5.61. The first-order valence-corrected chi connectivity index (χ1v) is 14.0. The minimum atomic E-state index is -4.75. The van der Waals surface area contributed by atoms with Gasteiger partial charge in [-0.1, -0.05) is 57.2 Å². The molecule has 4 nitrogen and oxygen atoms in total. The number of benzene rings is 3. The number of halogens is 3. The summed E-state index contributed by atoms with van der Waals surface area (Å²) in [5.41, 5.74) is -1.77. The predicted octanol–water partition coefficient (Wildman–Crippen LogP) is 7.86. The van der Waals surface area contributed by atoms with Crippen LogP contribution in [0.25, 0.3) is 10.8 Å². The number of carbonyl (C=O) groups excluding carboxylic acids is 2. The number of nitrogens with zero attached hydrogens (tertiary/aromatic N) is 1. The highest BCUT2D eigenvalue weighted by atomic mass is 32.2. The summed E-state index contributed by atoms with van der Waals surface area (Å²) < 4.78 is 42.1. The number of imide groups is 1. The van der Waals surface area contributed by atoms with E-state index in [1.807, 2.05) is 17.8 Å². The molecule has 0 radical (unpaired) electrons. The molecular formula is C26H24F3NO3S3. The molecule has 4 rings (SSSR count). The van der Waals surface area contributed by atoms with Crippen molar-refractivity contribution in [3.63, 3.8) is 0 Å². The molecule has 0 bridgehead atoms. The van der Waals surface area contributed by atoms with Gasteiger partial charge in [0.25, 0.3) is 11.8 Å². The highest BCUT2D eigenvalue weighted by Crippen LogP contribution is 2.39. The quantitative estimate of drug-likeness (QED) is 0.123. The van der Waals surface area contributed by atoms with Gasteiger partial charge in [-0.05, 0) is 40.1 Å². The van der Waals surface area contributed by atoms with Crippen LogP contribution in [0.5, 0.6) is 0 Å². The summed E-state index contributed by atoms with van der Waals surface area (Å²) in [6.07, 6.45) is 0. The van der Waals surface area contributed by atoms with Gasteiger partial charge in [-0.2, -0.15) is 29.2 Å². The molecule has 0 saturated heterocycles. The lowest BCUT2D eigenvalue weighted by atomic mass is 9.87. The Morgan fingerprint density at radius 2 is 1.53 bits per heavy atom. The Morgan fingerprint density at radius 1 is 0.861 bits per heavy atom. The Balaban J connectivity index is 1.41. The van der Waals surface area contributed by atoms with Crippen molar-refractivity contribution < 1.29 is 27.0 Å². The number of rotatable bonds is 8. The van der Waals surface area contributed by atoms with Crippen LogP contribution in [0.3, 0.4) is 0 Å². The van der Waals surface area contributed by atoms with Crippen LogP contribution in [0.4, 0.5) is 13.2 Å². The van der Waals surface area contributed by atoms with Crippen molar-refractivity contribution >= 4 is 58.2 Å². The maximum Gasteiger partial charge on any atom is 0.470 e. The van der Waals surface area contributed by atoms with Crippen molar-refractivity contribution in [2.75, 3.05) is 11.5 Å². The van der Waals surface area contributed by atoms with Crippen molar-refractivity contribution in [2.24, 2.45) is 0 Å². The van der Waals surface area contributed by atoms with E-state index in [2.05, 4.69) is 49.3 Å². The number of hydrogen-bond acceptors (Lipinski definition) is 6. The minimum absolute atomic E-state index is 0.129. The Labute approximate surface area is 220 Å². The Kier molecular flexibility index (Phi) is 7.99. The monoisotopic (exact) mass is 551 g/mol. The number of thioether (sulfide) groups is 2. The van der Waals surface area contributed by atoms with Crippen LogP contribution in [0, 0.1) is 0 Å². The third kappa shape index (κ3) is 6.04. The maximum absolute atomic E-state index is 12.7. The molecule has 3 aromatic carbocycles. The van der Waals surface area contributed by atoms with E-state index in [-0.39, 0.29) is 21.6 Å². The molecule has 0 saturated carbocycles. The molecule has 0 spiro atoms. The third-order valence-corrected chi connectivity index (χ3v) is 8.39. The molecule has 0 N–H and O–H groups in total. The highest BCUT2D eigenvalue weighted by Gasteiger charge is 2.39. The molecule has 0 atom stereocenters. The van der Waals surface area contributed by atoms with E-state index in [0.717, 1.165) is 27.5 Å². The van der Waals surface area contributed by atoms with Crippen LogP contribution in [0.2, 0.25) is 0 Å². The van der Waals surface area contributed by atoms with Crippen molar-refractivity contribution in [3.8, 4) is 0 Å². The lowest BCUT2D eigenvalue weighted by Crippen LogP contribution is -2.39. The van der Waals surface area contributed by atoms with Gasteiger partial charge in [0, 0.05) is 27.5 Å². The van der Waals surface area contributed by atoms with E-state index < -0.39 is 29.4 Å². The average molecular weight is 552 g/mol. The van der Waals surface area contributed by atoms with Crippen LogP contribution in [0.1, 0.15) is 52.6 Å². The molecule has 0 aliphatic carbocycles. The summed E-state index contributed by atoms with van der Waals surface area (Å²) in [5.74, 6) is 0.810. The second-order valence-corrected chi connectivity index (χ2v) is 12.2. The van der Waals surface area contributed by atoms with Gasteiger partial charge in [0.1, 0.15) is 12.0 Å². The van der Waals surface area contributed by atoms with E-state index in [4.69, 9.17) is 0 Å². The first-order valence-electron chi connectivity index (χ1n) is 11.1.